The van der Waals surface area contributed by atoms with E-state index in [-0.39, 0.29) is 0 Å². The summed E-state index contributed by atoms with van der Waals surface area (Å²) in [5, 5.41) is 1.83. The number of carbonyl (C=O) groups is 1. The summed E-state index contributed by atoms with van der Waals surface area (Å²) in [6.45, 7) is 0. The lowest BCUT2D eigenvalue weighted by atomic mass is 10.0. The number of benzene rings is 2. The third-order valence-corrected chi connectivity index (χ3v) is 3.33. The number of ether oxygens (including phenoxy) is 2. The van der Waals surface area contributed by atoms with E-state index in [0.29, 0.717) is 5.57 Å². The van der Waals surface area contributed by atoms with Crippen molar-refractivity contribution in [2.45, 2.75) is 0 Å². The number of methoxy groups -OCH3 is 2. The molecule has 0 saturated carbocycles. The van der Waals surface area contributed by atoms with Crippen molar-refractivity contribution in [1.82, 2.24) is 0 Å². The molecule has 0 aliphatic rings. The average Bonchev–Trinajstić information content (AvgIpc) is 2.90. The highest BCUT2D eigenvalue weighted by Crippen LogP contribution is 2.34. The number of hydrogen-bond acceptors (Lipinski definition) is 4. The first-order valence-electron chi connectivity index (χ1n) is 6.48. The van der Waals surface area contributed by atoms with Crippen molar-refractivity contribution in [3.63, 3.8) is 0 Å². The number of carbonyl (C=O) groups excluding carboxylic acids is 1. The molecule has 3 aromatic rings. The van der Waals surface area contributed by atoms with E-state index in [1.165, 1.54) is 20.5 Å². The summed E-state index contributed by atoms with van der Waals surface area (Å²) in [6, 6.07) is 13.3. The predicted octanol–water partition coefficient (Wildman–Crippen LogP) is 3.75. The van der Waals surface area contributed by atoms with Crippen LogP contribution in [0.1, 0.15) is 5.56 Å². The Morgan fingerprint density at radius 1 is 1.05 bits per heavy atom. The third kappa shape index (κ3) is 2.14. The first-order valence-corrected chi connectivity index (χ1v) is 6.48. The van der Waals surface area contributed by atoms with E-state index in [4.69, 9.17) is 13.9 Å². The maximum atomic E-state index is 12.0. The van der Waals surface area contributed by atoms with Crippen LogP contribution in [0, 0.1) is 0 Å². The predicted molar refractivity (Wildman–Crippen MR) is 80.7 cm³/mol. The molecule has 0 fully saturated rings. The Bertz CT molecular complexity index is 842. The molecule has 3 rings (SSSR count). The topological polar surface area (TPSA) is 48.7 Å². The van der Waals surface area contributed by atoms with Crippen LogP contribution < -0.4 is 0 Å². The molecule has 4 heteroatoms. The van der Waals surface area contributed by atoms with Gasteiger partial charge in [0.2, 0.25) is 0 Å². The first kappa shape index (κ1) is 13.2. The van der Waals surface area contributed by atoms with Crippen molar-refractivity contribution in [2.24, 2.45) is 0 Å². The van der Waals surface area contributed by atoms with Gasteiger partial charge < -0.3 is 13.9 Å². The molecule has 2 aromatic carbocycles. The van der Waals surface area contributed by atoms with E-state index in [0.717, 1.165) is 27.5 Å². The van der Waals surface area contributed by atoms with Gasteiger partial charge >= 0.3 is 5.97 Å². The van der Waals surface area contributed by atoms with Gasteiger partial charge in [0.15, 0.2) is 0 Å². The van der Waals surface area contributed by atoms with Crippen molar-refractivity contribution in [3.8, 4) is 0 Å². The minimum absolute atomic E-state index is 0.358. The Morgan fingerprint density at radius 3 is 2.57 bits per heavy atom. The zero-order chi connectivity index (χ0) is 14.8. The zero-order valence-electron chi connectivity index (χ0n) is 11.8. The minimum atomic E-state index is -0.449. The van der Waals surface area contributed by atoms with E-state index in [2.05, 4.69) is 0 Å². The molecule has 106 valence electrons. The highest BCUT2D eigenvalue weighted by Gasteiger charge is 2.19. The fraction of sp³-hybridized carbons (Fsp3) is 0.118. The summed E-state index contributed by atoms with van der Waals surface area (Å²) in [5.41, 5.74) is 2.59. The maximum absolute atomic E-state index is 12.0. The number of para-hydroxylation sites is 1. The lowest BCUT2D eigenvalue weighted by Crippen LogP contribution is -2.04. The molecule has 0 aliphatic carbocycles. The Hall–Kier alpha value is -2.75. The number of furan rings is 1. The van der Waals surface area contributed by atoms with Gasteiger partial charge in [-0.15, -0.1) is 0 Å². The van der Waals surface area contributed by atoms with Gasteiger partial charge in [0.25, 0.3) is 0 Å². The minimum Gasteiger partial charge on any atom is -0.503 e. The van der Waals surface area contributed by atoms with E-state index in [1.54, 1.807) is 0 Å². The van der Waals surface area contributed by atoms with E-state index in [9.17, 15) is 4.79 Å². The van der Waals surface area contributed by atoms with Gasteiger partial charge in [0, 0.05) is 16.3 Å². The standard InChI is InChI=1S/C17H14O4/c1-19-10-13(17(18)20-2)11-7-5-9-15-16(11)12-6-3-4-8-14(12)21-15/h3-10H,1-2H3/b13-10+. The molecule has 1 heterocycles. The largest absolute Gasteiger partial charge is 0.503 e. The number of fused-ring (bicyclic) bond motifs is 3. The molecule has 0 spiro atoms. The Kier molecular flexibility index (Phi) is 3.36. The summed E-state index contributed by atoms with van der Waals surface area (Å²) < 4.78 is 15.7. The highest BCUT2D eigenvalue weighted by molar-refractivity contribution is 6.23. The van der Waals surface area contributed by atoms with Crippen LogP contribution in [0.2, 0.25) is 0 Å². The van der Waals surface area contributed by atoms with Crippen LogP contribution in [0.3, 0.4) is 0 Å². The van der Waals surface area contributed by atoms with Crippen molar-refractivity contribution in [1.29, 1.82) is 0 Å². The van der Waals surface area contributed by atoms with E-state index >= 15 is 0 Å². The van der Waals surface area contributed by atoms with Crippen LogP contribution >= 0.6 is 0 Å². The molecule has 1 aromatic heterocycles. The molecule has 0 amide bonds. The summed E-state index contributed by atoms with van der Waals surface area (Å²) in [6.07, 6.45) is 1.39. The number of esters is 1. The fourth-order valence-electron chi connectivity index (χ4n) is 2.45. The molecule has 4 nitrogen and oxygen atoms in total. The van der Waals surface area contributed by atoms with Gasteiger partial charge in [-0.25, -0.2) is 4.79 Å². The molecule has 21 heavy (non-hydrogen) atoms. The monoisotopic (exact) mass is 282 g/mol. The van der Waals surface area contributed by atoms with Crippen molar-refractivity contribution < 1.29 is 18.7 Å². The molecule has 0 N–H and O–H groups in total. The Labute approximate surface area is 121 Å². The van der Waals surface area contributed by atoms with Gasteiger partial charge in [-0.05, 0) is 12.1 Å². The highest BCUT2D eigenvalue weighted by atomic mass is 16.5. The van der Waals surface area contributed by atoms with Crippen LogP contribution in [0.15, 0.2) is 53.1 Å². The molecule has 0 radical (unpaired) electrons. The number of hydrogen-bond donors (Lipinski definition) is 0. The maximum Gasteiger partial charge on any atom is 0.341 e. The second-order valence-corrected chi connectivity index (χ2v) is 4.54. The summed E-state index contributed by atoms with van der Waals surface area (Å²) >= 11 is 0. The molecular weight excluding hydrogens is 268 g/mol. The second-order valence-electron chi connectivity index (χ2n) is 4.54. The van der Waals surface area contributed by atoms with Crippen LogP contribution in [-0.2, 0) is 14.3 Å². The fourth-order valence-corrected chi connectivity index (χ4v) is 2.45. The zero-order valence-corrected chi connectivity index (χ0v) is 11.8. The molecule has 0 aliphatic heterocycles. The quantitative estimate of drug-likeness (QED) is 0.417. The summed E-state index contributed by atoms with van der Waals surface area (Å²) in [5.74, 6) is -0.449. The van der Waals surface area contributed by atoms with Gasteiger partial charge in [-0.1, -0.05) is 30.3 Å². The molecule has 0 saturated heterocycles. The van der Waals surface area contributed by atoms with Crippen molar-refractivity contribution in [2.75, 3.05) is 14.2 Å². The van der Waals surface area contributed by atoms with Gasteiger partial charge in [0.1, 0.15) is 16.7 Å². The number of rotatable bonds is 3. The first-order chi connectivity index (χ1) is 10.3. The lowest BCUT2D eigenvalue weighted by Gasteiger charge is -2.06. The van der Waals surface area contributed by atoms with Crippen LogP contribution in [0.4, 0.5) is 0 Å². The van der Waals surface area contributed by atoms with Gasteiger partial charge in [-0.3, -0.25) is 0 Å². The average molecular weight is 282 g/mol. The third-order valence-electron chi connectivity index (χ3n) is 3.33. The normalized spacial score (nSPS) is 11.8. The van der Waals surface area contributed by atoms with Gasteiger partial charge in [0.05, 0.1) is 20.5 Å². The SMILES string of the molecule is CO/C=C(/C(=O)OC)c1cccc2oc3ccccc3c12. The van der Waals surface area contributed by atoms with E-state index in [1.807, 2.05) is 42.5 Å². The lowest BCUT2D eigenvalue weighted by molar-refractivity contribution is -0.133. The van der Waals surface area contributed by atoms with Crippen molar-refractivity contribution in [3.05, 3.63) is 54.3 Å². The summed E-state index contributed by atoms with van der Waals surface area (Å²) in [7, 11) is 2.84. The smallest absolute Gasteiger partial charge is 0.341 e. The van der Waals surface area contributed by atoms with Crippen LogP contribution in [-0.4, -0.2) is 20.2 Å². The summed E-state index contributed by atoms with van der Waals surface area (Å²) in [4.78, 5) is 12.0. The van der Waals surface area contributed by atoms with Crippen LogP contribution in [0.25, 0.3) is 27.5 Å². The molecule has 0 unspecified atom stereocenters. The van der Waals surface area contributed by atoms with Crippen molar-refractivity contribution >= 4 is 33.5 Å². The Morgan fingerprint density at radius 2 is 1.81 bits per heavy atom. The van der Waals surface area contributed by atoms with Gasteiger partial charge in [-0.2, -0.15) is 0 Å². The Balaban J connectivity index is 2.36. The van der Waals surface area contributed by atoms with E-state index < -0.39 is 5.97 Å². The second kappa shape index (κ2) is 5.32. The molecule has 0 bridgehead atoms. The molecule has 0 atom stereocenters. The molecular formula is C17H14O4. The van der Waals surface area contributed by atoms with Crippen LogP contribution in [0.5, 0.6) is 0 Å².